The van der Waals surface area contributed by atoms with Crippen molar-refractivity contribution in [2.75, 3.05) is 0 Å². The molecule has 1 aromatic carbocycles. The fourth-order valence-corrected chi connectivity index (χ4v) is 1.88. The first-order chi connectivity index (χ1) is 8.75. The largest absolute Gasteiger partial charge is 0.417 e. The Balaban J connectivity index is 3.24. The number of hydrogen-bond acceptors (Lipinski definition) is 1. The predicted octanol–water partition coefficient (Wildman–Crippen LogP) is 5.41. The average Bonchev–Trinajstić information content (AvgIpc) is 2.28. The van der Waals surface area contributed by atoms with E-state index in [9.17, 15) is 13.2 Å². The molecule has 0 aromatic heterocycles. The fraction of sp³-hybridized carbons (Fsp3) is 0.154. The maximum absolute atomic E-state index is 12.7. The summed E-state index contributed by atoms with van der Waals surface area (Å²) in [5.41, 5.74) is -0.698. The van der Waals surface area contributed by atoms with E-state index in [0.29, 0.717) is 16.7 Å². The fourth-order valence-electron chi connectivity index (χ4n) is 1.41. The summed E-state index contributed by atoms with van der Waals surface area (Å²) in [6.07, 6.45) is -2.86. The highest BCUT2D eigenvalue weighted by molar-refractivity contribution is 6.35. The maximum Gasteiger partial charge on any atom is 0.417 e. The van der Waals surface area contributed by atoms with Gasteiger partial charge in [0.15, 0.2) is 0 Å². The van der Waals surface area contributed by atoms with E-state index >= 15 is 0 Å². The molecule has 1 aromatic rings. The lowest BCUT2D eigenvalue weighted by molar-refractivity contribution is -0.0891. The summed E-state index contributed by atoms with van der Waals surface area (Å²) in [5, 5.41) is 9.04. The Labute approximate surface area is 118 Å². The average molecular weight is 306 g/mol. The zero-order valence-corrected chi connectivity index (χ0v) is 11.2. The molecule has 1 rings (SSSR count). The SMILES string of the molecule is CC(=C\c1ccc(Cl)cc1Cl)/C(=C/C#N)C(F)(F)F. The molecule has 19 heavy (non-hydrogen) atoms. The second-order valence-corrected chi connectivity index (χ2v) is 4.52. The van der Waals surface area contributed by atoms with Crippen LogP contribution in [0.3, 0.4) is 0 Å². The minimum atomic E-state index is -4.59. The Morgan fingerprint density at radius 2 is 1.95 bits per heavy atom. The first-order valence-corrected chi connectivity index (χ1v) is 5.82. The van der Waals surface area contributed by atoms with Gasteiger partial charge in [0.2, 0.25) is 0 Å². The summed E-state index contributed by atoms with van der Waals surface area (Å²) in [6.45, 7) is 1.27. The van der Waals surface area contributed by atoms with Gasteiger partial charge in [-0.05, 0) is 36.3 Å². The van der Waals surface area contributed by atoms with E-state index < -0.39 is 11.7 Å². The smallest absolute Gasteiger partial charge is 0.193 e. The van der Waals surface area contributed by atoms with Gasteiger partial charge in [-0.1, -0.05) is 29.3 Å². The molecule has 0 amide bonds. The monoisotopic (exact) mass is 305 g/mol. The molecule has 0 saturated heterocycles. The number of alkyl halides is 3. The summed E-state index contributed by atoms with van der Waals surface area (Å²) in [7, 11) is 0. The lowest BCUT2D eigenvalue weighted by Gasteiger charge is -2.11. The maximum atomic E-state index is 12.7. The van der Waals surface area contributed by atoms with Gasteiger partial charge in [0.25, 0.3) is 0 Å². The third-order valence-corrected chi connectivity index (χ3v) is 2.84. The second kappa shape index (κ2) is 6.14. The number of benzene rings is 1. The summed E-state index contributed by atoms with van der Waals surface area (Å²) < 4.78 is 38.1. The van der Waals surface area contributed by atoms with Crippen LogP contribution < -0.4 is 0 Å². The predicted molar refractivity (Wildman–Crippen MR) is 69.9 cm³/mol. The van der Waals surface area contributed by atoms with Gasteiger partial charge >= 0.3 is 6.18 Å². The van der Waals surface area contributed by atoms with Crippen LogP contribution in [0.15, 0.2) is 35.4 Å². The van der Waals surface area contributed by atoms with Gasteiger partial charge in [0.1, 0.15) is 0 Å². The van der Waals surface area contributed by atoms with Crippen LogP contribution in [0.5, 0.6) is 0 Å². The molecule has 6 heteroatoms. The van der Waals surface area contributed by atoms with Crippen LogP contribution in [0.2, 0.25) is 10.0 Å². The van der Waals surface area contributed by atoms with Crippen molar-refractivity contribution < 1.29 is 13.2 Å². The van der Waals surface area contributed by atoms with Crippen molar-refractivity contribution in [2.24, 2.45) is 0 Å². The highest BCUT2D eigenvalue weighted by atomic mass is 35.5. The van der Waals surface area contributed by atoms with Crippen LogP contribution in [0.4, 0.5) is 13.2 Å². The number of nitrogens with zero attached hydrogens (tertiary/aromatic N) is 1. The lowest BCUT2D eigenvalue weighted by atomic mass is 10.0. The molecule has 0 spiro atoms. The first kappa shape index (κ1) is 15.6. The second-order valence-electron chi connectivity index (χ2n) is 3.68. The quantitative estimate of drug-likeness (QED) is 0.529. The standard InChI is InChI=1S/C13H8Cl2F3N/c1-8(11(4-5-19)13(16,17)18)6-9-2-3-10(14)7-12(9)15/h2-4,6-7H,1H3/b8-6+,11-4-. The molecule has 0 aliphatic rings. The normalized spacial score (nSPS) is 13.3. The zero-order valence-electron chi connectivity index (χ0n) is 9.72. The van der Waals surface area contributed by atoms with Gasteiger partial charge in [-0.3, -0.25) is 0 Å². The number of halogens is 5. The van der Waals surface area contributed by atoms with Gasteiger partial charge in [-0.25, -0.2) is 0 Å². The lowest BCUT2D eigenvalue weighted by Crippen LogP contribution is -2.12. The Hall–Kier alpha value is -1.44. The van der Waals surface area contributed by atoms with Crippen LogP contribution in [0.25, 0.3) is 6.08 Å². The number of rotatable bonds is 2. The summed E-state index contributed by atoms with van der Waals surface area (Å²) in [5.74, 6) is 0. The summed E-state index contributed by atoms with van der Waals surface area (Å²) in [4.78, 5) is 0. The molecule has 0 atom stereocenters. The van der Waals surface area contributed by atoms with E-state index in [1.54, 1.807) is 0 Å². The first-order valence-electron chi connectivity index (χ1n) is 5.06. The van der Waals surface area contributed by atoms with Gasteiger partial charge in [0, 0.05) is 16.1 Å². The van der Waals surface area contributed by atoms with Crippen molar-refractivity contribution in [3.8, 4) is 6.07 Å². The Bertz CT molecular complexity index is 581. The molecular formula is C13H8Cl2F3N. The van der Waals surface area contributed by atoms with Crippen molar-refractivity contribution in [3.63, 3.8) is 0 Å². The number of hydrogen-bond donors (Lipinski definition) is 0. The molecule has 100 valence electrons. The molecule has 0 saturated carbocycles. The molecule has 0 unspecified atom stereocenters. The molecule has 0 heterocycles. The molecular weight excluding hydrogens is 298 g/mol. The van der Waals surface area contributed by atoms with Crippen LogP contribution in [-0.4, -0.2) is 6.18 Å². The van der Waals surface area contributed by atoms with Gasteiger partial charge in [-0.15, -0.1) is 0 Å². The highest BCUT2D eigenvalue weighted by Crippen LogP contribution is 2.33. The number of allylic oxidation sites excluding steroid dienone is 3. The number of nitriles is 1. The summed E-state index contributed by atoms with van der Waals surface area (Å²) >= 11 is 11.6. The molecule has 0 fully saturated rings. The Kier molecular flexibility index (Phi) is 5.04. The zero-order chi connectivity index (χ0) is 14.6. The molecule has 0 aliphatic heterocycles. The molecule has 0 radical (unpaired) electrons. The van der Waals surface area contributed by atoms with E-state index in [2.05, 4.69) is 0 Å². The molecule has 0 N–H and O–H groups in total. The summed E-state index contributed by atoms with van der Waals surface area (Å²) in [6, 6.07) is 5.85. The third kappa shape index (κ3) is 4.30. The minimum absolute atomic E-state index is 0.0988. The van der Waals surface area contributed by atoms with Gasteiger partial charge < -0.3 is 0 Å². The van der Waals surface area contributed by atoms with Gasteiger partial charge in [-0.2, -0.15) is 18.4 Å². The topological polar surface area (TPSA) is 23.8 Å². The van der Waals surface area contributed by atoms with Crippen LogP contribution >= 0.6 is 23.2 Å². The van der Waals surface area contributed by atoms with Crippen molar-refractivity contribution in [3.05, 3.63) is 51.0 Å². The van der Waals surface area contributed by atoms with Crippen molar-refractivity contribution in [2.45, 2.75) is 13.1 Å². The van der Waals surface area contributed by atoms with E-state index in [1.807, 2.05) is 0 Å². The molecule has 0 aliphatic carbocycles. The third-order valence-electron chi connectivity index (χ3n) is 2.27. The van der Waals surface area contributed by atoms with Crippen molar-refractivity contribution in [1.82, 2.24) is 0 Å². The van der Waals surface area contributed by atoms with E-state index in [0.717, 1.165) is 0 Å². The van der Waals surface area contributed by atoms with Gasteiger partial charge in [0.05, 0.1) is 11.6 Å². The van der Waals surface area contributed by atoms with Crippen molar-refractivity contribution >= 4 is 29.3 Å². The van der Waals surface area contributed by atoms with E-state index in [1.165, 1.54) is 37.3 Å². The van der Waals surface area contributed by atoms with Crippen LogP contribution in [-0.2, 0) is 0 Å². The Morgan fingerprint density at radius 3 is 2.42 bits per heavy atom. The Morgan fingerprint density at radius 1 is 1.32 bits per heavy atom. The van der Waals surface area contributed by atoms with Crippen LogP contribution in [0, 0.1) is 11.3 Å². The van der Waals surface area contributed by atoms with Crippen LogP contribution in [0.1, 0.15) is 12.5 Å². The van der Waals surface area contributed by atoms with Crippen molar-refractivity contribution in [1.29, 1.82) is 5.26 Å². The molecule has 0 bridgehead atoms. The van der Waals surface area contributed by atoms with E-state index in [-0.39, 0.29) is 10.6 Å². The highest BCUT2D eigenvalue weighted by Gasteiger charge is 2.34. The minimum Gasteiger partial charge on any atom is -0.193 e. The van der Waals surface area contributed by atoms with E-state index in [4.69, 9.17) is 28.5 Å². The molecule has 1 nitrogen and oxygen atoms in total.